The van der Waals surface area contributed by atoms with E-state index in [0.29, 0.717) is 6.61 Å². The molecule has 0 N–H and O–H groups in total. The van der Waals surface area contributed by atoms with Crippen LogP contribution in [0.25, 0.3) is 11.4 Å². The molecule has 2 aliphatic rings. The summed E-state index contributed by atoms with van der Waals surface area (Å²) < 4.78 is 5.97. The first kappa shape index (κ1) is 17.8. The summed E-state index contributed by atoms with van der Waals surface area (Å²) in [6.45, 7) is 4.24. The Morgan fingerprint density at radius 3 is 2.71 bits per heavy atom. The van der Waals surface area contributed by atoms with E-state index in [1.54, 1.807) is 0 Å². The number of aromatic nitrogens is 2. The minimum absolute atomic E-state index is 0.0491. The topological polar surface area (TPSA) is 38.2 Å². The second-order valence-electron chi connectivity index (χ2n) is 7.79. The highest BCUT2D eigenvalue weighted by Gasteiger charge is 2.44. The number of ether oxygens (including phenoxy) is 1. The molecule has 2 aromatic carbocycles. The van der Waals surface area contributed by atoms with Gasteiger partial charge in [0.25, 0.3) is 0 Å². The Morgan fingerprint density at radius 1 is 1.07 bits per heavy atom. The molecule has 1 atom stereocenters. The van der Waals surface area contributed by atoms with Crippen LogP contribution >= 0.6 is 11.6 Å². The van der Waals surface area contributed by atoms with Crippen molar-refractivity contribution < 1.29 is 4.74 Å². The van der Waals surface area contributed by atoms with Crippen LogP contribution in [0, 0.1) is 0 Å². The molecule has 1 saturated heterocycles. The number of nitrogens with zero attached hydrogens (tertiary/aromatic N) is 3. The van der Waals surface area contributed by atoms with Gasteiger partial charge in [0.1, 0.15) is 0 Å². The zero-order chi connectivity index (χ0) is 19.0. The maximum atomic E-state index is 6.02. The van der Waals surface area contributed by atoms with E-state index in [4.69, 9.17) is 21.3 Å². The van der Waals surface area contributed by atoms with Crippen LogP contribution in [0.15, 0.2) is 60.8 Å². The fourth-order valence-electron chi connectivity index (χ4n) is 4.37. The molecular formula is C23H22ClN3O. The van der Waals surface area contributed by atoms with Gasteiger partial charge >= 0.3 is 0 Å². The van der Waals surface area contributed by atoms with Crippen molar-refractivity contribution in [2.75, 3.05) is 19.7 Å². The summed E-state index contributed by atoms with van der Waals surface area (Å²) in [5, 5.41) is 0.779. The number of fused-ring (bicyclic) bond motifs is 2. The van der Waals surface area contributed by atoms with Crippen molar-refractivity contribution in [3.05, 3.63) is 82.6 Å². The third-order valence-corrected chi connectivity index (χ3v) is 6.04. The van der Waals surface area contributed by atoms with Gasteiger partial charge in [-0.15, -0.1) is 0 Å². The summed E-state index contributed by atoms with van der Waals surface area (Å²) in [5.41, 5.74) is 4.59. The van der Waals surface area contributed by atoms with E-state index < -0.39 is 0 Å². The van der Waals surface area contributed by atoms with Gasteiger partial charge in [-0.05, 0) is 30.7 Å². The van der Waals surface area contributed by atoms with Crippen LogP contribution in [0.5, 0.6) is 0 Å². The van der Waals surface area contributed by atoms with Crippen LogP contribution < -0.4 is 0 Å². The Hall–Kier alpha value is -2.27. The maximum absolute atomic E-state index is 6.02. The van der Waals surface area contributed by atoms with E-state index in [2.05, 4.69) is 34.1 Å². The van der Waals surface area contributed by atoms with Gasteiger partial charge in [-0.25, -0.2) is 9.97 Å². The predicted octanol–water partition coefficient (Wildman–Crippen LogP) is 4.47. The van der Waals surface area contributed by atoms with Crippen LogP contribution in [0.4, 0.5) is 0 Å². The average Bonchev–Trinajstić information content (AvgIpc) is 3.13. The highest BCUT2D eigenvalue weighted by atomic mass is 35.5. The van der Waals surface area contributed by atoms with E-state index in [1.165, 1.54) is 11.3 Å². The fraction of sp³-hybridized carbons (Fsp3) is 0.304. The lowest BCUT2D eigenvalue weighted by Gasteiger charge is -2.34. The third kappa shape index (κ3) is 3.32. The highest BCUT2D eigenvalue weighted by molar-refractivity contribution is 6.30. The minimum atomic E-state index is -0.0491. The quantitative estimate of drug-likeness (QED) is 0.660. The summed E-state index contributed by atoms with van der Waals surface area (Å²) in [7, 11) is 0. The standard InChI is InChI=1S/C23H22ClN3O/c24-20-8-6-17(7-9-20)13-27-11-10-23(15-27)16-28-14-19-12-25-22(26-21(19)23)18-4-2-1-3-5-18/h1-9,12H,10-11,13-16H2. The number of hydrogen-bond donors (Lipinski definition) is 0. The lowest BCUT2D eigenvalue weighted by molar-refractivity contribution is 0.0503. The molecular weight excluding hydrogens is 370 g/mol. The van der Waals surface area contributed by atoms with Crippen molar-refractivity contribution >= 4 is 11.6 Å². The van der Waals surface area contributed by atoms with Crippen LogP contribution in [0.1, 0.15) is 23.2 Å². The van der Waals surface area contributed by atoms with Gasteiger partial charge in [0, 0.05) is 35.4 Å². The predicted molar refractivity (Wildman–Crippen MR) is 110 cm³/mol. The summed E-state index contributed by atoms with van der Waals surface area (Å²) in [6.07, 6.45) is 3.01. The van der Waals surface area contributed by atoms with Gasteiger partial charge in [-0.1, -0.05) is 54.1 Å². The largest absolute Gasteiger partial charge is 0.376 e. The molecule has 5 rings (SSSR count). The molecule has 1 spiro atoms. The van der Waals surface area contributed by atoms with Crippen LogP contribution in [-0.4, -0.2) is 34.6 Å². The Labute approximate surface area is 170 Å². The number of hydrogen-bond acceptors (Lipinski definition) is 4. The molecule has 3 heterocycles. The minimum Gasteiger partial charge on any atom is -0.376 e. The lowest BCUT2D eigenvalue weighted by atomic mass is 9.80. The first-order chi connectivity index (χ1) is 13.7. The van der Waals surface area contributed by atoms with E-state index in [1.807, 2.05) is 36.5 Å². The second-order valence-corrected chi connectivity index (χ2v) is 8.23. The Morgan fingerprint density at radius 2 is 1.89 bits per heavy atom. The first-order valence-electron chi connectivity index (χ1n) is 9.68. The first-order valence-corrected chi connectivity index (χ1v) is 10.1. The second kappa shape index (κ2) is 7.28. The Bertz CT molecular complexity index is 977. The van der Waals surface area contributed by atoms with Gasteiger partial charge in [-0.3, -0.25) is 4.90 Å². The molecule has 1 aromatic heterocycles. The molecule has 0 bridgehead atoms. The SMILES string of the molecule is Clc1ccc(CN2CCC3(COCc4cnc(-c5ccccc5)nc43)C2)cc1. The van der Waals surface area contributed by atoms with E-state index >= 15 is 0 Å². The Kier molecular flexibility index (Phi) is 4.63. The van der Waals surface area contributed by atoms with Gasteiger partial charge in [0.2, 0.25) is 0 Å². The third-order valence-electron chi connectivity index (χ3n) is 5.79. The summed E-state index contributed by atoms with van der Waals surface area (Å²) >= 11 is 6.02. The monoisotopic (exact) mass is 391 g/mol. The molecule has 0 aliphatic carbocycles. The molecule has 0 saturated carbocycles. The normalized spacial score (nSPS) is 21.8. The number of benzene rings is 2. The summed E-state index contributed by atoms with van der Waals surface area (Å²) in [4.78, 5) is 12.1. The van der Waals surface area contributed by atoms with Crippen molar-refractivity contribution in [2.45, 2.75) is 25.0 Å². The van der Waals surface area contributed by atoms with Gasteiger partial charge in [-0.2, -0.15) is 0 Å². The average molecular weight is 392 g/mol. The van der Waals surface area contributed by atoms with Crippen molar-refractivity contribution in [3.8, 4) is 11.4 Å². The molecule has 0 radical (unpaired) electrons. The fourth-order valence-corrected chi connectivity index (χ4v) is 4.50. The number of halogens is 1. The molecule has 3 aromatic rings. The zero-order valence-electron chi connectivity index (χ0n) is 15.6. The highest BCUT2D eigenvalue weighted by Crippen LogP contribution is 2.40. The van der Waals surface area contributed by atoms with Crippen molar-refractivity contribution in [1.82, 2.24) is 14.9 Å². The maximum Gasteiger partial charge on any atom is 0.159 e. The van der Waals surface area contributed by atoms with E-state index in [9.17, 15) is 0 Å². The van der Waals surface area contributed by atoms with Gasteiger partial charge in [0.05, 0.1) is 24.3 Å². The van der Waals surface area contributed by atoms with E-state index in [-0.39, 0.29) is 5.41 Å². The van der Waals surface area contributed by atoms with Crippen molar-refractivity contribution in [3.63, 3.8) is 0 Å². The number of rotatable bonds is 3. The summed E-state index contributed by atoms with van der Waals surface area (Å²) in [6, 6.07) is 18.3. The molecule has 4 nitrogen and oxygen atoms in total. The zero-order valence-corrected chi connectivity index (χ0v) is 16.4. The van der Waals surface area contributed by atoms with Crippen molar-refractivity contribution in [1.29, 1.82) is 0 Å². The molecule has 2 aliphatic heterocycles. The van der Waals surface area contributed by atoms with Crippen LogP contribution in [0.2, 0.25) is 5.02 Å². The number of likely N-dealkylation sites (tertiary alicyclic amines) is 1. The molecule has 1 unspecified atom stereocenters. The smallest absolute Gasteiger partial charge is 0.159 e. The van der Waals surface area contributed by atoms with Crippen molar-refractivity contribution in [2.24, 2.45) is 0 Å². The van der Waals surface area contributed by atoms with Gasteiger partial charge in [0.15, 0.2) is 5.82 Å². The molecule has 28 heavy (non-hydrogen) atoms. The van der Waals surface area contributed by atoms with Crippen LogP contribution in [-0.2, 0) is 23.3 Å². The Balaban J connectivity index is 1.43. The van der Waals surface area contributed by atoms with Gasteiger partial charge < -0.3 is 4.74 Å². The lowest BCUT2D eigenvalue weighted by Crippen LogP contribution is -2.40. The van der Waals surface area contributed by atoms with E-state index in [0.717, 1.165) is 54.6 Å². The molecule has 0 amide bonds. The molecule has 142 valence electrons. The van der Waals surface area contributed by atoms with Crippen LogP contribution in [0.3, 0.4) is 0 Å². The summed E-state index contributed by atoms with van der Waals surface area (Å²) in [5.74, 6) is 0.803. The molecule has 1 fully saturated rings. The molecule has 5 heteroatoms.